The summed E-state index contributed by atoms with van der Waals surface area (Å²) in [5.41, 5.74) is 33.4. The Hall–Kier alpha value is -7.76. The molecule has 0 radical (unpaired) electrons. The van der Waals surface area contributed by atoms with Crippen molar-refractivity contribution in [2.75, 3.05) is 19.6 Å². The van der Waals surface area contributed by atoms with Crippen molar-refractivity contribution in [3.8, 4) is 0 Å². The summed E-state index contributed by atoms with van der Waals surface area (Å²) in [5, 5.41) is 0. The topological polar surface area (TPSA) is 13.0 Å². The predicted molar refractivity (Wildman–Crippen MR) is 415 cm³/mol. The number of nitrogens with zero attached hydrogens (tertiary/aromatic N) is 4. The van der Waals surface area contributed by atoms with Crippen LogP contribution in [0.5, 0.6) is 0 Å². The van der Waals surface area contributed by atoms with E-state index in [1.807, 2.05) is 0 Å². The van der Waals surface area contributed by atoms with Crippen molar-refractivity contribution in [1.29, 1.82) is 0 Å². The number of fused-ring (bicyclic) bond motifs is 9. The zero-order valence-corrected chi connectivity index (χ0v) is 62.4. The third-order valence-corrected chi connectivity index (χ3v) is 24.1. The second-order valence-electron chi connectivity index (χ2n) is 37.8. The first-order valence-electron chi connectivity index (χ1n) is 36.1. The van der Waals surface area contributed by atoms with Crippen molar-refractivity contribution in [1.82, 2.24) is 0 Å². The molecule has 5 heteroatoms. The van der Waals surface area contributed by atoms with Crippen LogP contribution in [0.15, 0.2) is 170 Å². The molecular formula is C91H105BN4. The van der Waals surface area contributed by atoms with Crippen LogP contribution in [0, 0.1) is 6.92 Å². The molecule has 0 saturated heterocycles. The fraction of sp³-hybridized carbons (Fsp3) is 0.407. The summed E-state index contributed by atoms with van der Waals surface area (Å²) in [4.78, 5) is 10.6. The molecule has 0 saturated carbocycles. The molecule has 4 aliphatic heterocycles. The van der Waals surface area contributed by atoms with Crippen molar-refractivity contribution in [2.45, 2.75) is 239 Å². The average Bonchev–Trinajstić information content (AvgIpc) is 0.982. The number of hydrogen-bond acceptors (Lipinski definition) is 4. The van der Waals surface area contributed by atoms with E-state index in [0.717, 1.165) is 59.8 Å². The van der Waals surface area contributed by atoms with Crippen LogP contribution in [0.2, 0.25) is 0 Å². The standard InChI is InChI=1S/C91H105BN4/c1-56-44-69-73-51-76(56)96-77-46-66(93(61-32-24-57(25-33-61)82(2,3)4)62-34-26-58(27-35-62)83(5,6)7)41-43-74(77)92-75-49-71-72(89(19,20)53-88(71,17)18)50-78(75)95(65-40-42-68-70(45-65)87(15,16)52-86(68,13)14)79-47-67(48-80(96)81(79)92)94(63-36-28-59(29-37-63)84(8,9)10)64-38-30-60(31-39-64)85(11,12)54-91(73,23)55-90(69,21)22/h24-51H,52-55H2,1-23H3. The lowest BCUT2D eigenvalue weighted by atomic mass is 9.33. The summed E-state index contributed by atoms with van der Waals surface area (Å²) < 4.78 is 0. The quantitative estimate of drug-likeness (QED) is 0.159. The van der Waals surface area contributed by atoms with E-state index < -0.39 is 0 Å². The first-order valence-corrected chi connectivity index (χ1v) is 36.1. The molecule has 0 fully saturated rings. The van der Waals surface area contributed by atoms with Crippen LogP contribution in [0.1, 0.15) is 239 Å². The molecular weight excluding hydrogens is 1160 g/mol. The van der Waals surface area contributed by atoms with E-state index in [0.29, 0.717) is 0 Å². The minimum atomic E-state index is -0.138. The van der Waals surface area contributed by atoms with Gasteiger partial charge in [-0.1, -0.05) is 225 Å². The van der Waals surface area contributed by atoms with Gasteiger partial charge in [0.15, 0.2) is 0 Å². The minimum absolute atomic E-state index is 0.00148. The molecule has 9 aromatic carbocycles. The maximum absolute atomic E-state index is 2.77. The summed E-state index contributed by atoms with van der Waals surface area (Å²) in [5.74, 6) is 0. The van der Waals surface area contributed by atoms with Crippen LogP contribution in [-0.4, -0.2) is 6.71 Å². The van der Waals surface area contributed by atoms with Crippen LogP contribution in [-0.2, 0) is 54.1 Å². The first kappa shape index (κ1) is 64.3. The molecule has 4 nitrogen and oxygen atoms in total. The molecule has 4 heterocycles. The van der Waals surface area contributed by atoms with Gasteiger partial charge in [0.25, 0.3) is 6.71 Å². The van der Waals surface area contributed by atoms with Crippen LogP contribution in [0.25, 0.3) is 0 Å². The van der Waals surface area contributed by atoms with Gasteiger partial charge in [-0.2, -0.15) is 0 Å². The van der Waals surface area contributed by atoms with Crippen LogP contribution in [0.4, 0.5) is 68.2 Å². The summed E-state index contributed by atoms with van der Waals surface area (Å²) in [7, 11) is 0. The summed E-state index contributed by atoms with van der Waals surface area (Å²) >= 11 is 0. The van der Waals surface area contributed by atoms with Crippen molar-refractivity contribution in [3.63, 3.8) is 0 Å². The second-order valence-corrected chi connectivity index (χ2v) is 37.8. The minimum Gasteiger partial charge on any atom is -0.311 e. The highest BCUT2D eigenvalue weighted by atomic mass is 15.2. The Morgan fingerprint density at radius 2 is 0.729 bits per heavy atom. The van der Waals surface area contributed by atoms with Gasteiger partial charge in [0, 0.05) is 62.6 Å². The Balaban J connectivity index is 1.10. The number of anilines is 12. The lowest BCUT2D eigenvalue weighted by Gasteiger charge is -2.46. The number of aryl methyl sites for hydroxylation is 1. The fourth-order valence-electron chi connectivity index (χ4n) is 20.0. The molecule has 6 bridgehead atoms. The van der Waals surface area contributed by atoms with E-state index in [1.165, 1.54) is 112 Å². The van der Waals surface area contributed by atoms with Gasteiger partial charge >= 0.3 is 0 Å². The fourth-order valence-corrected chi connectivity index (χ4v) is 20.0. The highest BCUT2D eigenvalue weighted by molar-refractivity contribution is 7.00. The van der Waals surface area contributed by atoms with E-state index in [4.69, 9.17) is 0 Å². The summed E-state index contributed by atoms with van der Waals surface area (Å²) in [6, 6.07) is 69.2. The largest absolute Gasteiger partial charge is 0.311 e. The van der Waals surface area contributed by atoms with E-state index >= 15 is 0 Å². The molecule has 0 spiro atoms. The molecule has 3 aliphatic carbocycles. The monoisotopic (exact) mass is 1260 g/mol. The van der Waals surface area contributed by atoms with Crippen LogP contribution in [0.3, 0.4) is 0 Å². The molecule has 0 N–H and O–H groups in total. The van der Waals surface area contributed by atoms with Crippen LogP contribution >= 0.6 is 0 Å². The molecule has 16 rings (SSSR count). The first-order chi connectivity index (χ1) is 44.7. The zero-order valence-electron chi connectivity index (χ0n) is 62.4. The smallest absolute Gasteiger partial charge is 0.252 e. The van der Waals surface area contributed by atoms with E-state index in [2.05, 4.69) is 349 Å². The molecule has 7 aliphatic rings. The number of hydrogen-bond donors (Lipinski definition) is 0. The van der Waals surface area contributed by atoms with Gasteiger partial charge in [0.2, 0.25) is 0 Å². The van der Waals surface area contributed by atoms with E-state index in [9.17, 15) is 0 Å². The maximum atomic E-state index is 2.77. The number of benzene rings is 9. The second kappa shape index (κ2) is 20.7. The highest BCUT2D eigenvalue weighted by Gasteiger charge is 2.52. The van der Waals surface area contributed by atoms with Crippen LogP contribution < -0.4 is 36.0 Å². The van der Waals surface area contributed by atoms with Gasteiger partial charge in [-0.05, 0) is 261 Å². The lowest BCUT2D eigenvalue weighted by molar-refractivity contribution is 0.289. The number of rotatable bonds is 5. The summed E-state index contributed by atoms with van der Waals surface area (Å²) in [6.07, 6.45) is 4.26. The van der Waals surface area contributed by atoms with Gasteiger partial charge < -0.3 is 19.6 Å². The molecule has 1 atom stereocenters. The van der Waals surface area contributed by atoms with Crippen molar-refractivity contribution < 1.29 is 0 Å². The Labute approximate surface area is 577 Å². The van der Waals surface area contributed by atoms with Gasteiger partial charge in [0.05, 0.1) is 5.69 Å². The average molecular weight is 1270 g/mol. The Morgan fingerprint density at radius 3 is 1.27 bits per heavy atom. The lowest BCUT2D eigenvalue weighted by Crippen LogP contribution is -2.61. The van der Waals surface area contributed by atoms with E-state index in [-0.39, 0.29) is 60.9 Å². The highest BCUT2D eigenvalue weighted by Crippen LogP contribution is 2.60. The SMILES string of the molecule is Cc1cc2c3cc1N1c4cc(N(c5ccc(C(C)(C)C)cc5)c5ccc(C(C)(C)C)cc5)ccc4B4c5cc6c(cc5N(c5ccc7c(c5)C(C)(C)CC7(C)C)c5cc(cc1c54)N(c1ccc(C(C)(C)C)cc1)c1ccc(cc1)C(C)(C)CC3(C)CC2(C)C)C(C)(C)CC6(C)C. The van der Waals surface area contributed by atoms with Gasteiger partial charge in [-0.3, -0.25) is 0 Å². The molecule has 9 aromatic rings. The van der Waals surface area contributed by atoms with Crippen molar-refractivity contribution >= 4 is 91.3 Å². The normalized spacial score (nSPS) is 20.1. The van der Waals surface area contributed by atoms with Gasteiger partial charge in [0.1, 0.15) is 0 Å². The van der Waals surface area contributed by atoms with Crippen molar-refractivity contribution in [3.05, 3.63) is 231 Å². The molecule has 492 valence electrons. The Kier molecular flexibility index (Phi) is 13.8. The maximum Gasteiger partial charge on any atom is 0.252 e. The van der Waals surface area contributed by atoms with Gasteiger partial charge in [-0.15, -0.1) is 0 Å². The molecule has 0 amide bonds. The predicted octanol–water partition coefficient (Wildman–Crippen LogP) is 23.4. The Bertz CT molecular complexity index is 4610. The van der Waals surface area contributed by atoms with E-state index in [1.54, 1.807) is 0 Å². The van der Waals surface area contributed by atoms with Crippen molar-refractivity contribution in [2.24, 2.45) is 0 Å². The third kappa shape index (κ3) is 10.0. The Morgan fingerprint density at radius 1 is 0.312 bits per heavy atom. The zero-order chi connectivity index (χ0) is 68.5. The molecule has 96 heavy (non-hydrogen) atoms. The molecule has 1 unspecified atom stereocenters. The third-order valence-electron chi connectivity index (χ3n) is 24.1. The molecule has 0 aromatic heterocycles. The summed E-state index contributed by atoms with van der Waals surface area (Å²) in [6.45, 7) is 55.7. The van der Waals surface area contributed by atoms with Gasteiger partial charge in [-0.25, -0.2) is 0 Å².